The maximum atomic E-state index is 12.4. The number of ether oxygens (including phenoxy) is 1. The second-order valence-corrected chi connectivity index (χ2v) is 6.94. The number of carbonyl (C=O) groups excluding carboxylic acids is 1. The molecule has 1 aromatic carbocycles. The van der Waals surface area contributed by atoms with E-state index in [-0.39, 0.29) is 12.6 Å². The lowest BCUT2D eigenvalue weighted by atomic mass is 10.3. The van der Waals surface area contributed by atoms with Crippen LogP contribution in [0.3, 0.4) is 0 Å². The van der Waals surface area contributed by atoms with Crippen LogP contribution in [0.4, 0.5) is 0 Å². The molecule has 0 amide bonds. The standard InChI is InChI=1S/C18H16N2O2S2/c1-2-16-20-13(12-23-16)11-22-18(21)15-9-6-10-19-17(15)24-14-7-4-3-5-8-14/h3-10,12H,2,11H2,1H3. The molecule has 122 valence electrons. The molecule has 24 heavy (non-hydrogen) atoms. The van der Waals surface area contributed by atoms with Crippen LogP contribution in [0.25, 0.3) is 0 Å². The second-order valence-electron chi connectivity index (χ2n) is 4.93. The first-order valence-electron chi connectivity index (χ1n) is 7.54. The summed E-state index contributed by atoms with van der Waals surface area (Å²) < 4.78 is 5.40. The fourth-order valence-electron chi connectivity index (χ4n) is 2.02. The van der Waals surface area contributed by atoms with Gasteiger partial charge in [0.2, 0.25) is 0 Å². The fourth-order valence-corrected chi connectivity index (χ4v) is 3.64. The van der Waals surface area contributed by atoms with Crippen molar-refractivity contribution in [3.63, 3.8) is 0 Å². The summed E-state index contributed by atoms with van der Waals surface area (Å²) in [7, 11) is 0. The Kier molecular flexibility index (Phi) is 5.61. The third-order valence-corrected chi connectivity index (χ3v) is 5.27. The molecular weight excluding hydrogens is 340 g/mol. The average molecular weight is 356 g/mol. The van der Waals surface area contributed by atoms with Crippen molar-refractivity contribution in [2.24, 2.45) is 0 Å². The molecule has 0 bridgehead atoms. The van der Waals surface area contributed by atoms with Gasteiger partial charge in [-0.15, -0.1) is 11.3 Å². The maximum Gasteiger partial charge on any atom is 0.341 e. The third-order valence-electron chi connectivity index (χ3n) is 3.20. The summed E-state index contributed by atoms with van der Waals surface area (Å²) in [4.78, 5) is 22.2. The van der Waals surface area contributed by atoms with Crippen LogP contribution in [0.15, 0.2) is 64.0 Å². The summed E-state index contributed by atoms with van der Waals surface area (Å²) >= 11 is 3.03. The van der Waals surface area contributed by atoms with Gasteiger partial charge in [-0.25, -0.2) is 14.8 Å². The van der Waals surface area contributed by atoms with Gasteiger partial charge in [-0.05, 0) is 30.7 Å². The number of nitrogens with zero attached hydrogens (tertiary/aromatic N) is 2. The van der Waals surface area contributed by atoms with E-state index in [0.717, 1.165) is 22.0 Å². The molecule has 4 nitrogen and oxygen atoms in total. The number of aromatic nitrogens is 2. The number of benzene rings is 1. The normalized spacial score (nSPS) is 10.5. The van der Waals surface area contributed by atoms with Crippen molar-refractivity contribution in [3.05, 3.63) is 70.3 Å². The van der Waals surface area contributed by atoms with E-state index < -0.39 is 0 Å². The van der Waals surface area contributed by atoms with Gasteiger partial charge in [0, 0.05) is 16.5 Å². The molecule has 3 aromatic rings. The van der Waals surface area contributed by atoms with Crippen LogP contribution in [0.1, 0.15) is 28.0 Å². The largest absolute Gasteiger partial charge is 0.455 e. The van der Waals surface area contributed by atoms with Gasteiger partial charge in [0.25, 0.3) is 0 Å². The van der Waals surface area contributed by atoms with Gasteiger partial charge >= 0.3 is 5.97 Å². The number of rotatable bonds is 6. The zero-order valence-electron chi connectivity index (χ0n) is 13.1. The molecule has 0 spiro atoms. The molecule has 0 N–H and O–H groups in total. The minimum Gasteiger partial charge on any atom is -0.455 e. The molecule has 0 aliphatic carbocycles. The quantitative estimate of drug-likeness (QED) is 0.604. The van der Waals surface area contributed by atoms with Crippen molar-refractivity contribution in [2.75, 3.05) is 0 Å². The van der Waals surface area contributed by atoms with E-state index in [0.29, 0.717) is 10.6 Å². The number of carbonyl (C=O) groups is 1. The van der Waals surface area contributed by atoms with Gasteiger partial charge in [-0.2, -0.15) is 0 Å². The van der Waals surface area contributed by atoms with Gasteiger partial charge in [-0.1, -0.05) is 36.9 Å². The number of hydrogen-bond acceptors (Lipinski definition) is 6. The van der Waals surface area contributed by atoms with Gasteiger partial charge < -0.3 is 4.74 Å². The Morgan fingerprint density at radius 2 is 2.04 bits per heavy atom. The lowest BCUT2D eigenvalue weighted by molar-refractivity contribution is 0.0463. The van der Waals surface area contributed by atoms with Crippen molar-refractivity contribution in [2.45, 2.75) is 29.9 Å². The lowest BCUT2D eigenvalue weighted by Gasteiger charge is -2.07. The second kappa shape index (κ2) is 8.08. The van der Waals surface area contributed by atoms with Crippen LogP contribution in [0.5, 0.6) is 0 Å². The molecule has 0 aliphatic rings. The average Bonchev–Trinajstić information content (AvgIpc) is 3.09. The third kappa shape index (κ3) is 4.21. The molecule has 0 fully saturated rings. The molecule has 0 saturated heterocycles. The predicted octanol–water partition coefficient (Wildman–Crippen LogP) is 4.61. The Bertz CT molecular complexity index is 819. The van der Waals surface area contributed by atoms with Crippen LogP contribution in [0.2, 0.25) is 0 Å². The fraction of sp³-hybridized carbons (Fsp3) is 0.167. The first kappa shape index (κ1) is 16.7. The molecule has 0 unspecified atom stereocenters. The molecular formula is C18H16N2O2S2. The number of thiazole rings is 1. The highest BCUT2D eigenvalue weighted by Gasteiger charge is 2.15. The molecule has 0 saturated carbocycles. The molecule has 0 radical (unpaired) electrons. The van der Waals surface area contributed by atoms with Crippen molar-refractivity contribution in [1.82, 2.24) is 9.97 Å². The maximum absolute atomic E-state index is 12.4. The van der Waals surface area contributed by atoms with E-state index >= 15 is 0 Å². The van der Waals surface area contributed by atoms with E-state index in [4.69, 9.17) is 4.74 Å². The SMILES string of the molecule is CCc1nc(COC(=O)c2cccnc2Sc2ccccc2)cs1. The number of aryl methyl sites for hydroxylation is 1. The van der Waals surface area contributed by atoms with E-state index in [1.54, 1.807) is 29.7 Å². The van der Waals surface area contributed by atoms with Crippen molar-refractivity contribution >= 4 is 29.1 Å². The van der Waals surface area contributed by atoms with E-state index in [2.05, 4.69) is 16.9 Å². The van der Waals surface area contributed by atoms with Crippen LogP contribution in [-0.2, 0) is 17.8 Å². The monoisotopic (exact) mass is 356 g/mol. The highest BCUT2D eigenvalue weighted by molar-refractivity contribution is 7.99. The summed E-state index contributed by atoms with van der Waals surface area (Å²) in [5, 5.41) is 3.61. The van der Waals surface area contributed by atoms with Crippen molar-refractivity contribution in [3.8, 4) is 0 Å². The van der Waals surface area contributed by atoms with Gasteiger partial charge in [0.05, 0.1) is 16.3 Å². The Balaban J connectivity index is 1.70. The van der Waals surface area contributed by atoms with Gasteiger partial charge in [0.1, 0.15) is 11.6 Å². The van der Waals surface area contributed by atoms with Crippen LogP contribution in [0, 0.1) is 0 Å². The number of esters is 1. The Morgan fingerprint density at radius 1 is 1.21 bits per heavy atom. The molecule has 6 heteroatoms. The minimum atomic E-state index is -0.382. The Morgan fingerprint density at radius 3 is 2.79 bits per heavy atom. The van der Waals surface area contributed by atoms with Crippen LogP contribution >= 0.6 is 23.1 Å². The predicted molar refractivity (Wildman–Crippen MR) is 95.4 cm³/mol. The zero-order valence-corrected chi connectivity index (χ0v) is 14.8. The summed E-state index contributed by atoms with van der Waals surface area (Å²) in [5.41, 5.74) is 1.25. The summed E-state index contributed by atoms with van der Waals surface area (Å²) in [6.45, 7) is 2.23. The Hall–Kier alpha value is -2.18. The molecule has 0 atom stereocenters. The van der Waals surface area contributed by atoms with Gasteiger partial charge in [-0.3, -0.25) is 0 Å². The molecule has 3 rings (SSSR count). The molecule has 2 aromatic heterocycles. The smallest absolute Gasteiger partial charge is 0.341 e. The lowest BCUT2D eigenvalue weighted by Crippen LogP contribution is -2.07. The van der Waals surface area contributed by atoms with Crippen molar-refractivity contribution < 1.29 is 9.53 Å². The van der Waals surface area contributed by atoms with E-state index in [1.165, 1.54) is 11.8 Å². The van der Waals surface area contributed by atoms with E-state index in [1.807, 2.05) is 35.7 Å². The molecule has 0 aliphatic heterocycles. The van der Waals surface area contributed by atoms with Crippen LogP contribution < -0.4 is 0 Å². The first-order chi connectivity index (χ1) is 11.8. The summed E-state index contributed by atoms with van der Waals surface area (Å²) in [6.07, 6.45) is 2.56. The number of pyridine rings is 1. The highest BCUT2D eigenvalue weighted by atomic mass is 32.2. The summed E-state index contributed by atoms with van der Waals surface area (Å²) in [5.74, 6) is -0.382. The van der Waals surface area contributed by atoms with Gasteiger partial charge in [0.15, 0.2) is 0 Å². The van der Waals surface area contributed by atoms with Crippen LogP contribution in [-0.4, -0.2) is 15.9 Å². The minimum absolute atomic E-state index is 0.180. The highest BCUT2D eigenvalue weighted by Crippen LogP contribution is 2.28. The zero-order chi connectivity index (χ0) is 16.8. The topological polar surface area (TPSA) is 52.1 Å². The van der Waals surface area contributed by atoms with E-state index in [9.17, 15) is 4.79 Å². The number of hydrogen-bond donors (Lipinski definition) is 0. The first-order valence-corrected chi connectivity index (χ1v) is 9.24. The summed E-state index contributed by atoms with van der Waals surface area (Å²) in [6, 6.07) is 13.3. The Labute approximate surface area is 148 Å². The molecule has 2 heterocycles. The van der Waals surface area contributed by atoms with Crippen molar-refractivity contribution in [1.29, 1.82) is 0 Å².